The van der Waals surface area contributed by atoms with Crippen molar-refractivity contribution in [1.29, 1.82) is 0 Å². The van der Waals surface area contributed by atoms with Crippen LogP contribution in [0.15, 0.2) is 65.1 Å². The van der Waals surface area contributed by atoms with Gasteiger partial charge in [-0.3, -0.25) is 0 Å². The molecule has 3 aromatic carbocycles. The van der Waals surface area contributed by atoms with Gasteiger partial charge in [0.2, 0.25) is 15.9 Å². The lowest BCUT2D eigenvalue weighted by Gasteiger charge is -2.36. The van der Waals surface area contributed by atoms with E-state index in [1.54, 1.807) is 4.31 Å². The zero-order chi connectivity index (χ0) is 21.8. The van der Waals surface area contributed by atoms with E-state index in [1.165, 1.54) is 6.26 Å². The molecule has 31 heavy (non-hydrogen) atoms. The summed E-state index contributed by atoms with van der Waals surface area (Å²) in [6.45, 7) is 2.38. The maximum absolute atomic E-state index is 12.7. The van der Waals surface area contributed by atoms with Gasteiger partial charge in [-0.05, 0) is 59.9 Å². The number of fused-ring (bicyclic) bond motifs is 2. The average molecular weight is 434 g/mol. The molecule has 0 amide bonds. The fourth-order valence-corrected chi connectivity index (χ4v) is 5.45. The zero-order valence-corrected chi connectivity index (χ0v) is 18.2. The Morgan fingerprint density at radius 1 is 1.10 bits per heavy atom. The molecule has 0 radical (unpaired) electrons. The third kappa shape index (κ3) is 3.40. The van der Waals surface area contributed by atoms with E-state index in [-0.39, 0.29) is 0 Å². The summed E-state index contributed by atoms with van der Waals surface area (Å²) in [6.07, 6.45) is 1.85. The third-order valence-corrected chi connectivity index (χ3v) is 7.19. The van der Waals surface area contributed by atoms with Gasteiger partial charge in [0.1, 0.15) is 5.52 Å². The van der Waals surface area contributed by atoms with Crippen molar-refractivity contribution in [3.8, 4) is 11.5 Å². The van der Waals surface area contributed by atoms with Gasteiger partial charge >= 0.3 is 0 Å². The highest BCUT2D eigenvalue weighted by Crippen LogP contribution is 2.40. The number of hydrogen-bond acceptors (Lipinski definition) is 5. The summed E-state index contributed by atoms with van der Waals surface area (Å²) in [6, 6.07) is 18.8. The van der Waals surface area contributed by atoms with Crippen LogP contribution in [0.2, 0.25) is 0 Å². The van der Waals surface area contributed by atoms with E-state index in [4.69, 9.17) is 10.2 Å². The number of para-hydroxylation sites is 2. The van der Waals surface area contributed by atoms with Gasteiger partial charge in [0, 0.05) is 17.8 Å². The van der Waals surface area contributed by atoms with Crippen molar-refractivity contribution in [3.63, 3.8) is 0 Å². The number of hydrogen-bond donors (Lipinski definition) is 1. The van der Waals surface area contributed by atoms with Gasteiger partial charge in [-0.15, -0.1) is 0 Å². The van der Waals surface area contributed by atoms with E-state index in [0.717, 1.165) is 38.9 Å². The molecule has 1 aromatic heterocycles. The highest BCUT2D eigenvalue weighted by Gasteiger charge is 2.35. The first-order chi connectivity index (χ1) is 14.8. The molecule has 158 valence electrons. The summed E-state index contributed by atoms with van der Waals surface area (Å²) in [5, 5.41) is 0. The molecule has 0 aliphatic carbocycles. The molecule has 1 atom stereocenters. The van der Waals surface area contributed by atoms with Crippen LogP contribution in [-0.4, -0.2) is 30.5 Å². The average Bonchev–Trinajstić information content (AvgIpc) is 3.17. The number of rotatable bonds is 3. The number of anilines is 1. The van der Waals surface area contributed by atoms with Crippen molar-refractivity contribution in [1.82, 2.24) is 9.29 Å². The number of nitrogen functional groups attached to an aromatic ring is 1. The van der Waals surface area contributed by atoms with Crippen molar-refractivity contribution in [2.45, 2.75) is 19.4 Å². The highest BCUT2D eigenvalue weighted by atomic mass is 32.2. The van der Waals surface area contributed by atoms with Crippen LogP contribution in [0.5, 0.6) is 0 Å². The normalized spacial score (nSPS) is 17.0. The Labute approximate surface area is 181 Å². The molecule has 0 saturated heterocycles. The fraction of sp³-hybridized carbons (Fsp3) is 0.208. The Hall–Kier alpha value is -3.16. The van der Waals surface area contributed by atoms with Crippen molar-refractivity contribution >= 4 is 26.8 Å². The molecule has 1 aliphatic heterocycles. The first kappa shape index (κ1) is 19.8. The van der Waals surface area contributed by atoms with Gasteiger partial charge in [-0.1, -0.05) is 36.4 Å². The summed E-state index contributed by atoms with van der Waals surface area (Å²) in [5.74, 6) is 0.523. The van der Waals surface area contributed by atoms with Crippen molar-refractivity contribution in [3.05, 3.63) is 82.9 Å². The molecule has 7 heteroatoms. The van der Waals surface area contributed by atoms with Gasteiger partial charge in [-0.2, -0.15) is 4.31 Å². The van der Waals surface area contributed by atoms with Gasteiger partial charge in [0.05, 0.1) is 12.3 Å². The molecule has 4 aromatic rings. The molecule has 6 nitrogen and oxygen atoms in total. The van der Waals surface area contributed by atoms with E-state index in [0.29, 0.717) is 24.5 Å². The van der Waals surface area contributed by atoms with Crippen molar-refractivity contribution in [2.24, 2.45) is 0 Å². The monoisotopic (exact) mass is 433 g/mol. The molecule has 0 spiro atoms. The molecule has 1 aliphatic rings. The number of nitrogens with zero attached hydrogens (tertiary/aromatic N) is 2. The summed E-state index contributed by atoms with van der Waals surface area (Å²) < 4.78 is 32.9. The number of aromatic nitrogens is 1. The Balaban J connectivity index is 1.70. The number of aryl methyl sites for hydroxylation is 1. The maximum Gasteiger partial charge on any atom is 0.227 e. The minimum absolute atomic E-state index is 0.386. The van der Waals surface area contributed by atoms with Gasteiger partial charge < -0.3 is 10.2 Å². The van der Waals surface area contributed by atoms with E-state index in [2.05, 4.69) is 4.98 Å². The second-order valence-electron chi connectivity index (χ2n) is 8.00. The highest BCUT2D eigenvalue weighted by molar-refractivity contribution is 7.88. The SMILES string of the molecule is Cc1ccc(C2c3cccc(N)c3CCN2S(C)(=O)=O)cc1-c1nc2ccccc2o1. The third-order valence-electron chi connectivity index (χ3n) is 5.94. The Kier molecular flexibility index (Phi) is 4.60. The van der Waals surface area contributed by atoms with Crippen LogP contribution in [0.1, 0.15) is 28.3 Å². The predicted octanol–water partition coefficient (Wildman–Crippen LogP) is 4.29. The Bertz CT molecular complexity index is 1380. The van der Waals surface area contributed by atoms with E-state index in [9.17, 15) is 8.42 Å². The molecule has 0 bridgehead atoms. The number of oxazole rings is 1. The number of nitrogens with two attached hydrogens (primary N) is 1. The lowest BCUT2D eigenvalue weighted by Crippen LogP contribution is -2.40. The summed E-state index contributed by atoms with van der Waals surface area (Å²) in [7, 11) is -3.43. The summed E-state index contributed by atoms with van der Waals surface area (Å²) >= 11 is 0. The van der Waals surface area contributed by atoms with Crippen LogP contribution in [-0.2, 0) is 16.4 Å². The largest absolute Gasteiger partial charge is 0.436 e. The van der Waals surface area contributed by atoms with Gasteiger partial charge in [-0.25, -0.2) is 13.4 Å². The zero-order valence-electron chi connectivity index (χ0n) is 17.4. The second kappa shape index (κ2) is 7.21. The van der Waals surface area contributed by atoms with E-state index < -0.39 is 16.1 Å². The summed E-state index contributed by atoms with van der Waals surface area (Å²) in [4.78, 5) is 4.64. The minimum Gasteiger partial charge on any atom is -0.436 e. The molecule has 0 saturated carbocycles. The lowest BCUT2D eigenvalue weighted by molar-refractivity contribution is 0.347. The van der Waals surface area contributed by atoms with E-state index in [1.807, 2.05) is 67.6 Å². The van der Waals surface area contributed by atoms with Gasteiger partial charge in [0.15, 0.2) is 5.58 Å². The van der Waals surface area contributed by atoms with Crippen LogP contribution < -0.4 is 5.73 Å². The quantitative estimate of drug-likeness (QED) is 0.487. The minimum atomic E-state index is -3.43. The van der Waals surface area contributed by atoms with Crippen LogP contribution in [0.3, 0.4) is 0 Å². The molecule has 2 N–H and O–H groups in total. The van der Waals surface area contributed by atoms with Crippen molar-refractivity contribution in [2.75, 3.05) is 18.5 Å². The first-order valence-electron chi connectivity index (χ1n) is 10.1. The first-order valence-corrected chi connectivity index (χ1v) is 12.0. The van der Waals surface area contributed by atoms with Gasteiger partial charge in [0.25, 0.3) is 0 Å². The van der Waals surface area contributed by atoms with Crippen LogP contribution >= 0.6 is 0 Å². The molecule has 5 rings (SSSR count). The second-order valence-corrected chi connectivity index (χ2v) is 9.94. The lowest BCUT2D eigenvalue weighted by atomic mass is 9.87. The number of sulfonamides is 1. The maximum atomic E-state index is 12.7. The molecular weight excluding hydrogens is 410 g/mol. The van der Waals surface area contributed by atoms with Crippen LogP contribution in [0.4, 0.5) is 5.69 Å². The standard InChI is InChI=1S/C24H23N3O3S/c1-15-10-11-16(14-19(15)24-26-21-8-3-4-9-22(21)30-24)23-18-6-5-7-20(25)17(18)12-13-27(23)31(2,28)29/h3-11,14,23H,12-13,25H2,1-2H3. The Morgan fingerprint density at radius 2 is 1.90 bits per heavy atom. The fourth-order valence-electron chi connectivity index (χ4n) is 4.41. The molecule has 2 heterocycles. The van der Waals surface area contributed by atoms with Crippen LogP contribution in [0.25, 0.3) is 22.6 Å². The summed E-state index contributed by atoms with van der Waals surface area (Å²) in [5.41, 5.74) is 13.1. The molecular formula is C24H23N3O3S. The number of benzene rings is 3. The topological polar surface area (TPSA) is 89.4 Å². The van der Waals surface area contributed by atoms with E-state index >= 15 is 0 Å². The Morgan fingerprint density at radius 3 is 2.68 bits per heavy atom. The molecule has 0 fully saturated rings. The molecule has 1 unspecified atom stereocenters. The predicted molar refractivity (Wildman–Crippen MR) is 122 cm³/mol. The van der Waals surface area contributed by atoms with Crippen LogP contribution in [0, 0.1) is 6.92 Å². The van der Waals surface area contributed by atoms with Crippen molar-refractivity contribution < 1.29 is 12.8 Å². The smallest absolute Gasteiger partial charge is 0.227 e.